The van der Waals surface area contributed by atoms with Gasteiger partial charge >= 0.3 is 0 Å². The average molecular weight is 87.1 g/mol. The van der Waals surface area contributed by atoms with Crippen molar-refractivity contribution >= 4 is 5.97 Å². The third kappa shape index (κ3) is 0.490. The quantitative estimate of drug-likeness (QED) is 0.352. The molecule has 6 heavy (non-hydrogen) atoms. The highest BCUT2D eigenvalue weighted by Crippen LogP contribution is 2.05. The highest BCUT2D eigenvalue weighted by Gasteiger charge is 2.22. The molecule has 0 unspecified atom stereocenters. The van der Waals surface area contributed by atoms with E-state index in [9.17, 15) is 9.90 Å². The van der Waals surface area contributed by atoms with E-state index < -0.39 is 12.1 Å². The molecule has 0 N–H and O–H groups in total. The van der Waals surface area contributed by atoms with Crippen LogP contribution in [0.15, 0.2) is 0 Å². The molecule has 0 saturated carbocycles. The third-order valence-electron chi connectivity index (χ3n) is 0.596. The van der Waals surface area contributed by atoms with Gasteiger partial charge in [-0.15, -0.1) is 0 Å². The monoisotopic (exact) mass is 87.0 g/mol. The molecule has 3 heteroatoms. The molecule has 0 aromatic heterocycles. The number of aliphatic carboxylic acids is 1. The first-order chi connectivity index (χ1) is 2.80. The Morgan fingerprint density at radius 2 is 2.50 bits per heavy atom. The molecule has 0 aromatic rings. The van der Waals surface area contributed by atoms with E-state index >= 15 is 0 Å². The minimum absolute atomic E-state index is 0.336. The summed E-state index contributed by atoms with van der Waals surface area (Å²) >= 11 is 0. The SMILES string of the molecule is O=C([O-])[C@@H]1CO1. The molecule has 1 fully saturated rings. The van der Waals surface area contributed by atoms with Crippen LogP contribution in [0.25, 0.3) is 0 Å². The molecule has 0 aliphatic carbocycles. The normalized spacial score (nSPS) is 29.7. The van der Waals surface area contributed by atoms with Gasteiger partial charge in [0.1, 0.15) is 6.10 Å². The summed E-state index contributed by atoms with van der Waals surface area (Å²) in [6.45, 7) is 0.336. The fourth-order valence-corrected chi connectivity index (χ4v) is 0.184. The number of carbonyl (C=O) groups excluding carboxylic acids is 1. The molecule has 0 aromatic carbocycles. The first-order valence-corrected chi connectivity index (χ1v) is 1.63. The Bertz CT molecular complexity index is 74.1. The molecule has 1 saturated heterocycles. The van der Waals surface area contributed by atoms with Gasteiger partial charge in [0.2, 0.25) is 0 Å². The summed E-state index contributed by atoms with van der Waals surface area (Å²) in [5, 5.41) is 9.53. The first kappa shape index (κ1) is 3.61. The van der Waals surface area contributed by atoms with Crippen LogP contribution in [0.5, 0.6) is 0 Å². The maximum Gasteiger partial charge on any atom is 0.120 e. The predicted octanol–water partition coefficient (Wildman–Crippen LogP) is -1.86. The van der Waals surface area contributed by atoms with Gasteiger partial charge in [-0.05, 0) is 0 Å². The lowest BCUT2D eigenvalue weighted by Crippen LogP contribution is -2.27. The van der Waals surface area contributed by atoms with Crippen molar-refractivity contribution in [2.45, 2.75) is 6.10 Å². The maximum atomic E-state index is 9.53. The molecule has 1 rings (SSSR count). The van der Waals surface area contributed by atoms with E-state index in [1.165, 1.54) is 0 Å². The lowest BCUT2D eigenvalue weighted by atomic mass is 10.5. The summed E-state index contributed by atoms with van der Waals surface area (Å²) in [4.78, 5) is 9.53. The zero-order valence-electron chi connectivity index (χ0n) is 3.01. The molecule has 0 spiro atoms. The molecular weight excluding hydrogens is 84.0 g/mol. The molecular formula is C3H3O3-. The van der Waals surface area contributed by atoms with E-state index in [0.29, 0.717) is 6.61 Å². The minimum atomic E-state index is -1.10. The zero-order valence-corrected chi connectivity index (χ0v) is 3.01. The number of carbonyl (C=O) groups is 1. The maximum absolute atomic E-state index is 9.53. The summed E-state index contributed by atoms with van der Waals surface area (Å²) in [6, 6.07) is 0. The van der Waals surface area contributed by atoms with Crippen LogP contribution in [0.1, 0.15) is 0 Å². The standard InChI is InChI=1S/C3H4O3/c4-3(5)2-1-6-2/h2H,1H2,(H,4,5)/p-1/t2-/m0/s1. The topological polar surface area (TPSA) is 52.7 Å². The third-order valence-corrected chi connectivity index (χ3v) is 0.596. The fourth-order valence-electron chi connectivity index (χ4n) is 0.184. The van der Waals surface area contributed by atoms with E-state index in [2.05, 4.69) is 4.74 Å². The largest absolute Gasteiger partial charge is 0.547 e. The molecule has 1 heterocycles. The van der Waals surface area contributed by atoms with Crippen LogP contribution in [0.2, 0.25) is 0 Å². The Balaban J connectivity index is 2.31. The van der Waals surface area contributed by atoms with Crippen LogP contribution >= 0.6 is 0 Å². The van der Waals surface area contributed by atoms with Gasteiger partial charge in [0.25, 0.3) is 0 Å². The number of carboxylic acids is 1. The van der Waals surface area contributed by atoms with E-state index in [0.717, 1.165) is 0 Å². The van der Waals surface area contributed by atoms with Gasteiger partial charge in [-0.25, -0.2) is 0 Å². The van der Waals surface area contributed by atoms with Crippen LogP contribution in [0.4, 0.5) is 0 Å². The smallest absolute Gasteiger partial charge is 0.120 e. The molecule has 0 radical (unpaired) electrons. The van der Waals surface area contributed by atoms with Crippen LogP contribution < -0.4 is 5.11 Å². The number of ether oxygens (including phenoxy) is 1. The molecule has 34 valence electrons. The summed E-state index contributed by atoms with van der Waals surface area (Å²) in [7, 11) is 0. The highest BCUT2D eigenvalue weighted by atomic mass is 16.6. The Labute approximate surface area is 34.5 Å². The Morgan fingerprint density at radius 3 is 2.50 bits per heavy atom. The molecule has 0 amide bonds. The summed E-state index contributed by atoms with van der Waals surface area (Å²) in [5.41, 5.74) is 0. The highest BCUT2D eigenvalue weighted by molar-refractivity contribution is 5.72. The van der Waals surface area contributed by atoms with Crippen LogP contribution in [-0.4, -0.2) is 18.7 Å². The molecule has 0 bridgehead atoms. The van der Waals surface area contributed by atoms with Crippen molar-refractivity contribution in [1.82, 2.24) is 0 Å². The second-order valence-electron chi connectivity index (χ2n) is 1.14. The number of epoxide rings is 1. The minimum Gasteiger partial charge on any atom is -0.547 e. The first-order valence-electron chi connectivity index (χ1n) is 1.63. The van der Waals surface area contributed by atoms with Crippen molar-refractivity contribution in [2.75, 3.05) is 6.61 Å². The second-order valence-corrected chi connectivity index (χ2v) is 1.14. The Hall–Kier alpha value is -0.570. The van der Waals surface area contributed by atoms with Crippen molar-refractivity contribution in [3.8, 4) is 0 Å². The van der Waals surface area contributed by atoms with Gasteiger partial charge in [0.15, 0.2) is 0 Å². The van der Waals surface area contributed by atoms with Crippen molar-refractivity contribution in [1.29, 1.82) is 0 Å². The van der Waals surface area contributed by atoms with Crippen molar-refractivity contribution < 1.29 is 14.6 Å². The Morgan fingerprint density at radius 1 is 2.00 bits per heavy atom. The van der Waals surface area contributed by atoms with E-state index in [-0.39, 0.29) is 0 Å². The fraction of sp³-hybridized carbons (Fsp3) is 0.667. The van der Waals surface area contributed by atoms with Crippen molar-refractivity contribution in [2.24, 2.45) is 0 Å². The van der Waals surface area contributed by atoms with Gasteiger partial charge in [-0.1, -0.05) is 0 Å². The molecule has 3 nitrogen and oxygen atoms in total. The van der Waals surface area contributed by atoms with Gasteiger partial charge < -0.3 is 14.6 Å². The number of carboxylic acid groups (broad SMARTS) is 1. The molecule has 1 aliphatic heterocycles. The Kier molecular flexibility index (Phi) is 0.569. The van der Waals surface area contributed by atoms with Gasteiger partial charge in [0.05, 0.1) is 12.6 Å². The van der Waals surface area contributed by atoms with E-state index in [1.807, 2.05) is 0 Å². The van der Waals surface area contributed by atoms with Crippen molar-refractivity contribution in [3.63, 3.8) is 0 Å². The van der Waals surface area contributed by atoms with Crippen LogP contribution in [0.3, 0.4) is 0 Å². The number of hydrogen-bond acceptors (Lipinski definition) is 3. The van der Waals surface area contributed by atoms with Gasteiger partial charge in [-0.3, -0.25) is 0 Å². The average Bonchev–Trinajstić information content (AvgIpc) is 2.06. The van der Waals surface area contributed by atoms with E-state index in [1.54, 1.807) is 0 Å². The number of rotatable bonds is 1. The van der Waals surface area contributed by atoms with Crippen LogP contribution in [-0.2, 0) is 9.53 Å². The summed E-state index contributed by atoms with van der Waals surface area (Å²) in [5.74, 6) is -1.10. The second kappa shape index (κ2) is 0.944. The molecule has 1 atom stereocenters. The van der Waals surface area contributed by atoms with Gasteiger partial charge in [0, 0.05) is 0 Å². The predicted molar refractivity (Wildman–Crippen MR) is 14.7 cm³/mol. The lowest BCUT2D eigenvalue weighted by Gasteiger charge is -1.87. The summed E-state index contributed by atoms with van der Waals surface area (Å²) in [6.07, 6.45) is -0.593. The van der Waals surface area contributed by atoms with Crippen LogP contribution in [0, 0.1) is 0 Å². The van der Waals surface area contributed by atoms with E-state index in [4.69, 9.17) is 0 Å². The number of hydrogen-bond donors (Lipinski definition) is 0. The molecule has 1 aliphatic rings. The summed E-state index contributed by atoms with van der Waals surface area (Å²) < 4.78 is 4.31. The van der Waals surface area contributed by atoms with Crippen molar-refractivity contribution in [3.05, 3.63) is 0 Å². The van der Waals surface area contributed by atoms with Gasteiger partial charge in [-0.2, -0.15) is 0 Å². The zero-order chi connectivity index (χ0) is 4.57. The lowest BCUT2D eigenvalue weighted by molar-refractivity contribution is -0.307.